The Morgan fingerprint density at radius 2 is 1.95 bits per heavy atom. The van der Waals surface area contributed by atoms with Gasteiger partial charge < -0.3 is 10.2 Å². The summed E-state index contributed by atoms with van der Waals surface area (Å²) in [5, 5.41) is 3.04. The highest BCUT2D eigenvalue weighted by Gasteiger charge is 2.64. The Morgan fingerprint density at radius 3 is 2.40 bits per heavy atom. The summed E-state index contributed by atoms with van der Waals surface area (Å²) in [4.78, 5) is 12.2. The molecule has 1 fully saturated rings. The molecule has 1 heterocycles. The zero-order chi connectivity index (χ0) is 15.4. The molecular formula is C12H19F5N2O. The first kappa shape index (κ1) is 17.1. The van der Waals surface area contributed by atoms with Gasteiger partial charge in [0.15, 0.2) is 0 Å². The van der Waals surface area contributed by atoms with Crippen LogP contribution < -0.4 is 5.32 Å². The van der Waals surface area contributed by atoms with Crippen molar-refractivity contribution in [3.05, 3.63) is 0 Å². The van der Waals surface area contributed by atoms with E-state index in [4.69, 9.17) is 0 Å². The van der Waals surface area contributed by atoms with Crippen molar-refractivity contribution in [2.75, 3.05) is 26.2 Å². The maximum atomic E-state index is 13.1. The van der Waals surface area contributed by atoms with Crippen molar-refractivity contribution < 1.29 is 26.7 Å². The fourth-order valence-corrected chi connectivity index (χ4v) is 2.26. The average Bonchev–Trinajstić information content (AvgIpc) is 2.37. The molecule has 0 spiro atoms. The van der Waals surface area contributed by atoms with E-state index in [1.165, 1.54) is 0 Å². The molecule has 0 aromatic carbocycles. The topological polar surface area (TPSA) is 32.3 Å². The number of nitrogens with one attached hydrogen (secondary N) is 1. The molecule has 0 aromatic heterocycles. The first-order chi connectivity index (χ1) is 9.20. The second-order valence-corrected chi connectivity index (χ2v) is 5.04. The van der Waals surface area contributed by atoms with Crippen LogP contribution in [0.1, 0.15) is 26.2 Å². The molecule has 0 radical (unpaired) electrons. The van der Waals surface area contributed by atoms with E-state index in [0.717, 1.165) is 19.4 Å². The van der Waals surface area contributed by atoms with Crippen LogP contribution in [0, 0.1) is 5.92 Å². The molecule has 1 saturated heterocycles. The van der Waals surface area contributed by atoms with E-state index in [1.807, 2.05) is 0 Å². The number of hydrogen-bond donors (Lipinski definition) is 1. The highest BCUT2D eigenvalue weighted by Crippen LogP contribution is 2.37. The minimum Gasteiger partial charge on any atom is -0.337 e. The van der Waals surface area contributed by atoms with Crippen molar-refractivity contribution >= 4 is 5.91 Å². The number of rotatable bonds is 5. The number of halogens is 5. The van der Waals surface area contributed by atoms with E-state index < -0.39 is 18.0 Å². The third-order valence-corrected chi connectivity index (χ3v) is 3.28. The van der Waals surface area contributed by atoms with Gasteiger partial charge in [0.05, 0.1) is 0 Å². The van der Waals surface area contributed by atoms with Gasteiger partial charge in [-0.15, -0.1) is 0 Å². The van der Waals surface area contributed by atoms with Crippen molar-refractivity contribution in [2.45, 2.75) is 38.3 Å². The zero-order valence-electron chi connectivity index (χ0n) is 11.3. The Kier molecular flexibility index (Phi) is 5.73. The van der Waals surface area contributed by atoms with E-state index >= 15 is 0 Å². The lowest BCUT2D eigenvalue weighted by atomic mass is 9.98. The summed E-state index contributed by atoms with van der Waals surface area (Å²) >= 11 is 0. The van der Waals surface area contributed by atoms with Gasteiger partial charge in [-0.05, 0) is 38.3 Å². The molecule has 0 aliphatic carbocycles. The smallest absolute Gasteiger partial charge is 0.337 e. The molecule has 3 nitrogen and oxygen atoms in total. The fourth-order valence-electron chi connectivity index (χ4n) is 2.26. The summed E-state index contributed by atoms with van der Waals surface area (Å²) in [6, 6.07) is 0. The normalized spacial score (nSPS) is 20.8. The molecule has 0 saturated carbocycles. The van der Waals surface area contributed by atoms with Crippen LogP contribution in [0.2, 0.25) is 0 Å². The maximum absolute atomic E-state index is 13.1. The first-order valence-corrected chi connectivity index (χ1v) is 6.64. The second kappa shape index (κ2) is 6.69. The van der Waals surface area contributed by atoms with Crippen molar-refractivity contribution in [2.24, 2.45) is 5.92 Å². The third-order valence-electron chi connectivity index (χ3n) is 3.28. The Hall–Kier alpha value is -0.920. The summed E-state index contributed by atoms with van der Waals surface area (Å²) < 4.78 is 63.0. The van der Waals surface area contributed by atoms with Crippen molar-refractivity contribution in [1.82, 2.24) is 10.2 Å². The van der Waals surface area contributed by atoms with Crippen LogP contribution in [0.25, 0.3) is 0 Å². The van der Waals surface area contributed by atoms with E-state index in [2.05, 4.69) is 5.32 Å². The van der Waals surface area contributed by atoms with Crippen LogP contribution in [0.5, 0.6) is 0 Å². The van der Waals surface area contributed by atoms with Gasteiger partial charge in [-0.1, -0.05) is 6.92 Å². The number of hydrogen-bond acceptors (Lipinski definition) is 2. The molecule has 1 aliphatic heterocycles. The minimum absolute atomic E-state index is 0.0641. The lowest BCUT2D eigenvalue weighted by Crippen LogP contribution is -2.54. The molecule has 1 rings (SSSR count). The van der Waals surface area contributed by atoms with Crippen LogP contribution >= 0.6 is 0 Å². The highest BCUT2D eigenvalue weighted by atomic mass is 19.4. The van der Waals surface area contributed by atoms with Gasteiger partial charge in [0, 0.05) is 13.1 Å². The van der Waals surface area contributed by atoms with Crippen LogP contribution in [-0.2, 0) is 4.79 Å². The molecule has 1 atom stereocenters. The lowest BCUT2D eigenvalue weighted by molar-refractivity contribution is -0.274. The zero-order valence-corrected chi connectivity index (χ0v) is 11.3. The maximum Gasteiger partial charge on any atom is 0.463 e. The van der Waals surface area contributed by atoms with E-state index in [-0.39, 0.29) is 19.0 Å². The number of alkyl halides is 5. The van der Waals surface area contributed by atoms with Crippen LogP contribution in [0.15, 0.2) is 0 Å². The van der Waals surface area contributed by atoms with Gasteiger partial charge in [-0.3, -0.25) is 4.79 Å². The molecule has 1 amide bonds. The quantitative estimate of drug-likeness (QED) is 0.791. The molecule has 0 bridgehead atoms. The Bertz CT molecular complexity index is 326. The Labute approximate surface area is 114 Å². The second-order valence-electron chi connectivity index (χ2n) is 5.04. The molecule has 1 aliphatic rings. The predicted molar refractivity (Wildman–Crippen MR) is 63.5 cm³/mol. The van der Waals surface area contributed by atoms with Gasteiger partial charge in [-0.2, -0.15) is 22.0 Å². The van der Waals surface area contributed by atoms with E-state index in [9.17, 15) is 26.7 Å². The van der Waals surface area contributed by atoms with Crippen molar-refractivity contribution in [3.8, 4) is 0 Å². The van der Waals surface area contributed by atoms with Crippen molar-refractivity contribution in [1.29, 1.82) is 0 Å². The number of nitrogens with zero attached hydrogens (tertiary/aromatic N) is 1. The monoisotopic (exact) mass is 302 g/mol. The summed E-state index contributed by atoms with van der Waals surface area (Å²) in [6.07, 6.45) is -3.96. The summed E-state index contributed by atoms with van der Waals surface area (Å²) in [5.41, 5.74) is 0. The predicted octanol–water partition coefficient (Wildman–Crippen LogP) is 2.42. The van der Waals surface area contributed by atoms with Crippen LogP contribution in [0.3, 0.4) is 0 Å². The molecular weight excluding hydrogens is 283 g/mol. The van der Waals surface area contributed by atoms with Gasteiger partial charge in [0.2, 0.25) is 0 Å². The minimum atomic E-state index is -5.85. The summed E-state index contributed by atoms with van der Waals surface area (Å²) in [5.74, 6) is -7.54. The number of piperidine rings is 1. The number of carbonyl (C=O) groups excluding carboxylic acids is 1. The van der Waals surface area contributed by atoms with Crippen LogP contribution in [-0.4, -0.2) is 49.1 Å². The van der Waals surface area contributed by atoms with E-state index in [1.54, 1.807) is 6.92 Å². The van der Waals surface area contributed by atoms with Gasteiger partial charge >= 0.3 is 18.0 Å². The lowest BCUT2D eigenvalue weighted by Gasteiger charge is -2.32. The summed E-state index contributed by atoms with van der Waals surface area (Å²) in [7, 11) is 0. The number of carbonyl (C=O) groups is 1. The fraction of sp³-hybridized carbons (Fsp3) is 0.917. The van der Waals surface area contributed by atoms with Crippen molar-refractivity contribution in [3.63, 3.8) is 0 Å². The average molecular weight is 302 g/mol. The Balaban J connectivity index is 2.76. The van der Waals surface area contributed by atoms with Gasteiger partial charge in [0.1, 0.15) is 0 Å². The third kappa shape index (κ3) is 4.04. The van der Waals surface area contributed by atoms with E-state index in [0.29, 0.717) is 17.9 Å². The molecule has 118 valence electrons. The summed E-state index contributed by atoms with van der Waals surface area (Å²) in [6.45, 7) is 2.81. The SMILES string of the molecule is CCCN(CC1CCCNC1)C(=O)C(F)(F)C(F)(F)F. The standard InChI is InChI=1S/C12H19F5N2O/c1-2-6-19(8-9-4-3-5-18-7-9)10(20)11(13,14)12(15,16)17/h9,18H,2-8H2,1H3. The molecule has 0 aromatic rings. The van der Waals surface area contributed by atoms with Gasteiger partial charge in [-0.25, -0.2) is 0 Å². The number of amides is 1. The Morgan fingerprint density at radius 1 is 1.30 bits per heavy atom. The van der Waals surface area contributed by atoms with Gasteiger partial charge in [0.25, 0.3) is 0 Å². The molecule has 20 heavy (non-hydrogen) atoms. The highest BCUT2D eigenvalue weighted by molar-refractivity contribution is 5.84. The van der Waals surface area contributed by atoms with Crippen LogP contribution in [0.4, 0.5) is 22.0 Å². The molecule has 1 N–H and O–H groups in total. The largest absolute Gasteiger partial charge is 0.463 e. The first-order valence-electron chi connectivity index (χ1n) is 6.64. The molecule has 8 heteroatoms. The molecule has 1 unspecified atom stereocenters.